The third kappa shape index (κ3) is 3.40. The summed E-state index contributed by atoms with van der Waals surface area (Å²) in [4.78, 5) is 23.9. The number of aliphatic hydroxyl groups is 1. The summed E-state index contributed by atoms with van der Waals surface area (Å²) in [6, 6.07) is 9.04. The first kappa shape index (κ1) is 17.5. The zero-order valence-corrected chi connectivity index (χ0v) is 14.8. The Bertz CT molecular complexity index is 575. The molecule has 4 atom stereocenters. The standard InChI is InChI=1S/C16H23NO5Si/c1-10(18)13-14(12(15(19)22-13)17-16(20)21-2)23(3,4)11-8-6-5-7-9-11/h5-10,12-14,18H,1-4H3,(H,17,20)/t10-,12+,13+,14-/m0/s1. The number of carbonyl (C=O) groups excluding carboxylic acids is 2. The third-order valence-electron chi connectivity index (χ3n) is 4.50. The van der Waals surface area contributed by atoms with Crippen molar-refractivity contribution in [1.29, 1.82) is 0 Å². The number of esters is 1. The molecule has 1 saturated heterocycles. The first-order valence-corrected chi connectivity index (χ1v) is 10.7. The molecule has 1 heterocycles. The summed E-state index contributed by atoms with van der Waals surface area (Å²) in [6.07, 6.45) is -2.14. The lowest BCUT2D eigenvalue weighted by molar-refractivity contribution is -0.146. The van der Waals surface area contributed by atoms with Gasteiger partial charge in [-0.15, -0.1) is 0 Å². The molecule has 1 aliphatic rings. The maximum absolute atomic E-state index is 12.2. The van der Waals surface area contributed by atoms with E-state index in [1.165, 1.54) is 7.11 Å². The second-order valence-corrected chi connectivity index (χ2v) is 11.1. The predicted octanol–water partition coefficient (Wildman–Crippen LogP) is 1.00. The minimum atomic E-state index is -2.23. The van der Waals surface area contributed by atoms with Gasteiger partial charge in [0.25, 0.3) is 0 Å². The monoisotopic (exact) mass is 337 g/mol. The van der Waals surface area contributed by atoms with Gasteiger partial charge in [0, 0.05) is 5.54 Å². The van der Waals surface area contributed by atoms with Crippen LogP contribution in [0.25, 0.3) is 0 Å². The zero-order valence-electron chi connectivity index (χ0n) is 13.8. The molecule has 0 aliphatic carbocycles. The number of rotatable bonds is 4. The van der Waals surface area contributed by atoms with Crippen LogP contribution in [0, 0.1) is 0 Å². The van der Waals surface area contributed by atoms with Crippen LogP contribution < -0.4 is 10.5 Å². The van der Waals surface area contributed by atoms with E-state index in [9.17, 15) is 14.7 Å². The van der Waals surface area contributed by atoms with Crippen LogP contribution in [0.5, 0.6) is 0 Å². The van der Waals surface area contributed by atoms with E-state index in [1.54, 1.807) is 6.92 Å². The van der Waals surface area contributed by atoms with Gasteiger partial charge in [0.1, 0.15) is 12.1 Å². The van der Waals surface area contributed by atoms with Gasteiger partial charge < -0.3 is 19.9 Å². The van der Waals surface area contributed by atoms with Gasteiger partial charge >= 0.3 is 12.1 Å². The number of hydrogen-bond donors (Lipinski definition) is 2. The van der Waals surface area contributed by atoms with Crippen molar-refractivity contribution in [2.24, 2.45) is 0 Å². The van der Waals surface area contributed by atoms with Gasteiger partial charge in [-0.3, -0.25) is 0 Å². The molecule has 1 aromatic carbocycles. The van der Waals surface area contributed by atoms with Gasteiger partial charge in [0.15, 0.2) is 0 Å². The van der Waals surface area contributed by atoms with E-state index in [2.05, 4.69) is 23.1 Å². The van der Waals surface area contributed by atoms with Gasteiger partial charge in [-0.1, -0.05) is 48.6 Å². The van der Waals surface area contributed by atoms with Crippen molar-refractivity contribution in [1.82, 2.24) is 5.32 Å². The quantitative estimate of drug-likeness (QED) is 0.632. The maximum Gasteiger partial charge on any atom is 0.407 e. The number of benzene rings is 1. The SMILES string of the molecule is COC(=O)N[C@H]1C(=O)O[C@H]([C@H](C)O)[C@H]1[Si](C)(C)c1ccccc1. The topological polar surface area (TPSA) is 84.9 Å². The molecule has 0 radical (unpaired) electrons. The molecular formula is C16H23NO5Si. The Morgan fingerprint density at radius 3 is 2.48 bits per heavy atom. The van der Waals surface area contributed by atoms with Crippen LogP contribution in [-0.4, -0.2) is 50.6 Å². The van der Waals surface area contributed by atoms with Crippen LogP contribution in [0.1, 0.15) is 6.92 Å². The average Bonchev–Trinajstić information content (AvgIpc) is 2.86. The molecular weight excluding hydrogens is 314 g/mol. The fourth-order valence-corrected chi connectivity index (χ4v) is 6.89. The molecule has 23 heavy (non-hydrogen) atoms. The minimum absolute atomic E-state index is 0.295. The van der Waals surface area contributed by atoms with Gasteiger partial charge in [-0.25, -0.2) is 9.59 Å². The normalized spacial score (nSPS) is 25.6. The average molecular weight is 337 g/mol. The highest BCUT2D eigenvalue weighted by Crippen LogP contribution is 2.38. The molecule has 7 heteroatoms. The van der Waals surface area contributed by atoms with Gasteiger partial charge in [0.2, 0.25) is 0 Å². The van der Waals surface area contributed by atoms with E-state index in [-0.39, 0.29) is 5.54 Å². The second kappa shape index (κ2) is 6.72. The molecule has 1 amide bonds. The van der Waals surface area contributed by atoms with Crippen molar-refractivity contribution in [3.63, 3.8) is 0 Å². The van der Waals surface area contributed by atoms with Crippen LogP contribution >= 0.6 is 0 Å². The van der Waals surface area contributed by atoms with E-state index >= 15 is 0 Å². The number of methoxy groups -OCH3 is 1. The van der Waals surface area contributed by atoms with E-state index in [0.29, 0.717) is 0 Å². The third-order valence-corrected chi connectivity index (χ3v) is 8.65. The number of nitrogens with one attached hydrogen (secondary N) is 1. The van der Waals surface area contributed by atoms with Crippen molar-refractivity contribution in [2.75, 3.05) is 7.11 Å². The molecule has 0 bridgehead atoms. The van der Waals surface area contributed by atoms with Crippen molar-refractivity contribution in [2.45, 2.75) is 43.8 Å². The van der Waals surface area contributed by atoms with E-state index in [0.717, 1.165) is 5.19 Å². The molecule has 6 nitrogen and oxygen atoms in total. The van der Waals surface area contributed by atoms with Crippen LogP contribution in [-0.2, 0) is 14.3 Å². The number of aliphatic hydroxyl groups excluding tert-OH is 1. The number of carbonyl (C=O) groups is 2. The summed E-state index contributed by atoms with van der Waals surface area (Å²) in [6.45, 7) is 5.81. The van der Waals surface area contributed by atoms with E-state index in [1.807, 2.05) is 30.3 Å². The second-order valence-electron chi connectivity index (χ2n) is 6.37. The Morgan fingerprint density at radius 1 is 1.35 bits per heavy atom. The highest BCUT2D eigenvalue weighted by Gasteiger charge is 2.55. The molecule has 2 N–H and O–H groups in total. The lowest BCUT2D eigenvalue weighted by atomic mass is 10.1. The van der Waals surface area contributed by atoms with Crippen LogP contribution in [0.2, 0.25) is 18.6 Å². The fourth-order valence-electron chi connectivity index (χ4n) is 3.24. The highest BCUT2D eigenvalue weighted by molar-refractivity contribution is 6.91. The Hall–Kier alpha value is -1.86. The van der Waals surface area contributed by atoms with Crippen molar-refractivity contribution in [3.8, 4) is 0 Å². The molecule has 0 unspecified atom stereocenters. The van der Waals surface area contributed by atoms with Crippen LogP contribution in [0.4, 0.5) is 4.79 Å². The van der Waals surface area contributed by atoms with E-state index in [4.69, 9.17) is 4.74 Å². The molecule has 0 saturated carbocycles. The Labute approximate surface area is 136 Å². The molecule has 0 aromatic heterocycles. The van der Waals surface area contributed by atoms with Crippen molar-refractivity contribution < 1.29 is 24.2 Å². The minimum Gasteiger partial charge on any atom is -0.458 e. The van der Waals surface area contributed by atoms with Gasteiger partial charge in [0.05, 0.1) is 21.3 Å². The molecule has 2 rings (SSSR count). The number of hydrogen-bond acceptors (Lipinski definition) is 5. The van der Waals surface area contributed by atoms with Gasteiger partial charge in [-0.2, -0.15) is 0 Å². The summed E-state index contributed by atoms with van der Waals surface area (Å²) >= 11 is 0. The smallest absolute Gasteiger partial charge is 0.407 e. The largest absolute Gasteiger partial charge is 0.458 e. The number of ether oxygens (including phenoxy) is 2. The Kier molecular flexibility index (Phi) is 5.11. The summed E-state index contributed by atoms with van der Waals surface area (Å²) in [5.41, 5.74) is -0.295. The molecule has 1 aromatic rings. The summed E-state index contributed by atoms with van der Waals surface area (Å²) < 4.78 is 9.99. The number of cyclic esters (lactones) is 1. The van der Waals surface area contributed by atoms with Crippen LogP contribution in [0.15, 0.2) is 30.3 Å². The molecule has 126 valence electrons. The summed E-state index contributed by atoms with van der Waals surface area (Å²) in [5, 5.41) is 13.8. The first-order valence-electron chi connectivity index (χ1n) is 7.57. The van der Waals surface area contributed by atoms with E-state index < -0.39 is 38.4 Å². The molecule has 1 aliphatic heterocycles. The predicted molar refractivity (Wildman–Crippen MR) is 88.2 cm³/mol. The highest BCUT2D eigenvalue weighted by atomic mass is 28.3. The fraction of sp³-hybridized carbons (Fsp3) is 0.500. The maximum atomic E-state index is 12.2. The van der Waals surface area contributed by atoms with Gasteiger partial charge in [-0.05, 0) is 6.92 Å². The first-order chi connectivity index (χ1) is 10.8. The lowest BCUT2D eigenvalue weighted by Gasteiger charge is -2.36. The number of alkyl carbamates (subject to hydrolysis) is 1. The Morgan fingerprint density at radius 2 is 1.96 bits per heavy atom. The number of amides is 1. The summed E-state index contributed by atoms with van der Waals surface area (Å²) in [7, 11) is -0.986. The van der Waals surface area contributed by atoms with Crippen LogP contribution in [0.3, 0.4) is 0 Å². The summed E-state index contributed by atoms with van der Waals surface area (Å²) in [5.74, 6) is -0.525. The lowest BCUT2D eigenvalue weighted by Crippen LogP contribution is -2.57. The molecule has 1 fully saturated rings. The Balaban J connectivity index is 2.42. The van der Waals surface area contributed by atoms with Crippen molar-refractivity contribution >= 4 is 25.3 Å². The van der Waals surface area contributed by atoms with Crippen molar-refractivity contribution in [3.05, 3.63) is 30.3 Å². The zero-order chi connectivity index (χ0) is 17.2. The molecule has 0 spiro atoms.